The molecule has 0 spiro atoms. The molecule has 0 saturated carbocycles. The molecule has 102 valence electrons. The summed E-state index contributed by atoms with van der Waals surface area (Å²) in [4.78, 5) is 14.0. The monoisotopic (exact) mass is 259 g/mol. The Morgan fingerprint density at radius 2 is 2.11 bits per heavy atom. The molecule has 1 atom stereocenters. The Morgan fingerprint density at radius 1 is 1.42 bits per heavy atom. The van der Waals surface area contributed by atoms with E-state index in [2.05, 4.69) is 6.58 Å². The Bertz CT molecular complexity index is 464. The summed E-state index contributed by atoms with van der Waals surface area (Å²) in [5.41, 5.74) is 2.26. The standard InChI is InChI=1S/C16H21NO2/c1-12(2)14-8-9-17(16(18)10-14)11-13-4-6-15(19-3)7-5-13/h4-7,14H,1,8-11H2,2-3H3. The molecule has 1 aliphatic heterocycles. The minimum Gasteiger partial charge on any atom is -0.497 e. The molecule has 1 amide bonds. The molecule has 19 heavy (non-hydrogen) atoms. The maximum atomic E-state index is 12.1. The average molecular weight is 259 g/mol. The van der Waals surface area contributed by atoms with Crippen LogP contribution in [0.1, 0.15) is 25.3 Å². The third-order valence-corrected chi connectivity index (χ3v) is 3.75. The lowest BCUT2D eigenvalue weighted by Crippen LogP contribution is -2.38. The fourth-order valence-electron chi connectivity index (χ4n) is 2.42. The number of amides is 1. The van der Waals surface area contributed by atoms with Gasteiger partial charge in [-0.2, -0.15) is 0 Å². The van der Waals surface area contributed by atoms with Crippen LogP contribution in [0.3, 0.4) is 0 Å². The summed E-state index contributed by atoms with van der Waals surface area (Å²) in [5, 5.41) is 0. The average Bonchev–Trinajstić information content (AvgIpc) is 2.41. The summed E-state index contributed by atoms with van der Waals surface area (Å²) < 4.78 is 5.13. The smallest absolute Gasteiger partial charge is 0.223 e. The number of hydrogen-bond donors (Lipinski definition) is 0. The molecule has 1 unspecified atom stereocenters. The van der Waals surface area contributed by atoms with E-state index in [-0.39, 0.29) is 5.91 Å². The summed E-state index contributed by atoms with van der Waals surface area (Å²) >= 11 is 0. The molecule has 1 aromatic carbocycles. The first-order valence-electron chi connectivity index (χ1n) is 6.66. The molecule has 1 heterocycles. The van der Waals surface area contributed by atoms with Crippen LogP contribution in [0.4, 0.5) is 0 Å². The number of rotatable bonds is 4. The normalized spacial score (nSPS) is 19.4. The summed E-state index contributed by atoms with van der Waals surface area (Å²) in [7, 11) is 1.65. The first-order chi connectivity index (χ1) is 9.10. The van der Waals surface area contributed by atoms with E-state index >= 15 is 0 Å². The van der Waals surface area contributed by atoms with Crippen LogP contribution in [0.25, 0.3) is 0 Å². The fourth-order valence-corrected chi connectivity index (χ4v) is 2.42. The SMILES string of the molecule is C=C(C)C1CCN(Cc2ccc(OC)cc2)C(=O)C1. The number of hydrogen-bond acceptors (Lipinski definition) is 2. The van der Waals surface area contributed by atoms with Crippen LogP contribution >= 0.6 is 0 Å². The van der Waals surface area contributed by atoms with Gasteiger partial charge in [0.2, 0.25) is 5.91 Å². The highest BCUT2D eigenvalue weighted by atomic mass is 16.5. The third-order valence-electron chi connectivity index (χ3n) is 3.75. The van der Waals surface area contributed by atoms with Crippen LogP contribution in [0.15, 0.2) is 36.4 Å². The molecule has 0 radical (unpaired) electrons. The van der Waals surface area contributed by atoms with Gasteiger partial charge in [-0.3, -0.25) is 4.79 Å². The number of likely N-dealkylation sites (tertiary alicyclic amines) is 1. The fraction of sp³-hybridized carbons (Fsp3) is 0.438. The Balaban J connectivity index is 1.96. The second-order valence-electron chi connectivity index (χ2n) is 5.20. The zero-order chi connectivity index (χ0) is 13.8. The van der Waals surface area contributed by atoms with Crippen molar-refractivity contribution in [1.82, 2.24) is 4.90 Å². The summed E-state index contributed by atoms with van der Waals surface area (Å²) in [6.07, 6.45) is 1.63. The lowest BCUT2D eigenvalue weighted by Gasteiger charge is -2.32. The number of ether oxygens (including phenoxy) is 1. The Hall–Kier alpha value is -1.77. The predicted octanol–water partition coefficient (Wildman–Crippen LogP) is 3.01. The minimum absolute atomic E-state index is 0.232. The number of methoxy groups -OCH3 is 1. The highest BCUT2D eigenvalue weighted by Gasteiger charge is 2.25. The van der Waals surface area contributed by atoms with E-state index in [1.165, 1.54) is 0 Å². The maximum Gasteiger partial charge on any atom is 0.223 e. The van der Waals surface area contributed by atoms with Crippen molar-refractivity contribution in [3.63, 3.8) is 0 Å². The number of carbonyl (C=O) groups is 1. The van der Waals surface area contributed by atoms with Crippen LogP contribution < -0.4 is 4.74 Å². The molecule has 2 rings (SSSR count). The van der Waals surface area contributed by atoms with Crippen LogP contribution in [-0.2, 0) is 11.3 Å². The van der Waals surface area contributed by atoms with Gasteiger partial charge in [-0.05, 0) is 37.0 Å². The molecule has 0 N–H and O–H groups in total. The highest BCUT2D eigenvalue weighted by molar-refractivity contribution is 5.77. The molecular formula is C16H21NO2. The topological polar surface area (TPSA) is 29.5 Å². The number of allylic oxidation sites excluding steroid dienone is 1. The van der Waals surface area contributed by atoms with Gasteiger partial charge in [0.25, 0.3) is 0 Å². The predicted molar refractivity (Wildman–Crippen MR) is 75.9 cm³/mol. The van der Waals surface area contributed by atoms with Gasteiger partial charge in [0.15, 0.2) is 0 Å². The van der Waals surface area contributed by atoms with E-state index in [9.17, 15) is 4.79 Å². The van der Waals surface area contributed by atoms with E-state index in [0.29, 0.717) is 18.9 Å². The lowest BCUT2D eigenvalue weighted by molar-refractivity contribution is -0.135. The first kappa shape index (κ1) is 13.7. The van der Waals surface area contributed by atoms with Crippen molar-refractivity contribution in [3.05, 3.63) is 42.0 Å². The van der Waals surface area contributed by atoms with Crippen molar-refractivity contribution in [2.24, 2.45) is 5.92 Å². The van der Waals surface area contributed by atoms with Crippen molar-refractivity contribution >= 4 is 5.91 Å². The number of benzene rings is 1. The molecule has 0 aromatic heterocycles. The molecule has 1 aliphatic rings. The van der Waals surface area contributed by atoms with Gasteiger partial charge in [0.05, 0.1) is 7.11 Å². The Morgan fingerprint density at radius 3 is 2.63 bits per heavy atom. The van der Waals surface area contributed by atoms with Gasteiger partial charge in [-0.15, -0.1) is 0 Å². The Labute approximate surface area is 114 Å². The maximum absolute atomic E-state index is 12.1. The summed E-state index contributed by atoms with van der Waals surface area (Å²) in [6.45, 7) is 7.48. The van der Waals surface area contributed by atoms with Crippen LogP contribution in [0.5, 0.6) is 5.75 Å². The van der Waals surface area contributed by atoms with E-state index in [1.807, 2.05) is 36.1 Å². The van der Waals surface area contributed by atoms with Gasteiger partial charge in [0, 0.05) is 19.5 Å². The van der Waals surface area contributed by atoms with E-state index in [0.717, 1.165) is 29.9 Å². The quantitative estimate of drug-likeness (QED) is 0.778. The van der Waals surface area contributed by atoms with E-state index in [1.54, 1.807) is 7.11 Å². The van der Waals surface area contributed by atoms with Gasteiger partial charge in [-0.1, -0.05) is 24.3 Å². The molecule has 0 bridgehead atoms. The van der Waals surface area contributed by atoms with Gasteiger partial charge in [-0.25, -0.2) is 0 Å². The van der Waals surface area contributed by atoms with Crippen molar-refractivity contribution in [1.29, 1.82) is 0 Å². The molecule has 1 saturated heterocycles. The number of piperidine rings is 1. The third kappa shape index (κ3) is 3.37. The first-order valence-corrected chi connectivity index (χ1v) is 6.66. The van der Waals surface area contributed by atoms with E-state index in [4.69, 9.17) is 4.74 Å². The zero-order valence-corrected chi connectivity index (χ0v) is 11.7. The second kappa shape index (κ2) is 5.91. The summed E-state index contributed by atoms with van der Waals surface area (Å²) in [6, 6.07) is 7.88. The molecule has 0 aliphatic carbocycles. The Kier molecular flexibility index (Phi) is 4.25. The zero-order valence-electron chi connectivity index (χ0n) is 11.7. The van der Waals surface area contributed by atoms with Crippen LogP contribution in [-0.4, -0.2) is 24.5 Å². The van der Waals surface area contributed by atoms with Crippen molar-refractivity contribution in [2.45, 2.75) is 26.3 Å². The number of nitrogens with zero attached hydrogens (tertiary/aromatic N) is 1. The van der Waals surface area contributed by atoms with Gasteiger partial charge in [0.1, 0.15) is 5.75 Å². The second-order valence-corrected chi connectivity index (χ2v) is 5.20. The van der Waals surface area contributed by atoms with Crippen molar-refractivity contribution in [2.75, 3.05) is 13.7 Å². The van der Waals surface area contributed by atoms with Crippen molar-refractivity contribution in [3.8, 4) is 5.75 Å². The highest BCUT2D eigenvalue weighted by Crippen LogP contribution is 2.25. The van der Waals surface area contributed by atoms with Crippen LogP contribution in [0.2, 0.25) is 0 Å². The molecular weight excluding hydrogens is 238 g/mol. The van der Waals surface area contributed by atoms with Gasteiger partial charge < -0.3 is 9.64 Å². The molecule has 3 nitrogen and oxygen atoms in total. The van der Waals surface area contributed by atoms with Crippen molar-refractivity contribution < 1.29 is 9.53 Å². The lowest BCUT2D eigenvalue weighted by atomic mass is 9.90. The van der Waals surface area contributed by atoms with Crippen LogP contribution in [0, 0.1) is 5.92 Å². The van der Waals surface area contributed by atoms with E-state index < -0.39 is 0 Å². The van der Waals surface area contributed by atoms with Gasteiger partial charge >= 0.3 is 0 Å². The number of carbonyl (C=O) groups excluding carboxylic acids is 1. The molecule has 3 heteroatoms. The summed E-state index contributed by atoms with van der Waals surface area (Å²) in [5.74, 6) is 1.44. The molecule has 1 aromatic rings. The largest absolute Gasteiger partial charge is 0.497 e. The molecule has 1 fully saturated rings. The minimum atomic E-state index is 0.232.